The second-order valence-electron chi connectivity index (χ2n) is 6.61. The summed E-state index contributed by atoms with van der Waals surface area (Å²) in [7, 11) is -0.0482. The van der Waals surface area contributed by atoms with Gasteiger partial charge in [0.2, 0.25) is 0 Å². The van der Waals surface area contributed by atoms with Gasteiger partial charge in [-0.25, -0.2) is 0 Å². The molecule has 0 spiro atoms. The van der Waals surface area contributed by atoms with Crippen molar-refractivity contribution in [2.75, 3.05) is 13.7 Å². The van der Waals surface area contributed by atoms with Crippen LogP contribution in [-0.2, 0) is 4.43 Å². The summed E-state index contributed by atoms with van der Waals surface area (Å²) in [5, 5.41) is 14.1. The molecule has 0 bridgehead atoms. The number of pyridine rings is 1. The van der Waals surface area contributed by atoms with Gasteiger partial charge in [-0.15, -0.1) is 0 Å². The zero-order valence-electron chi connectivity index (χ0n) is 13.6. The summed E-state index contributed by atoms with van der Waals surface area (Å²) in [6.07, 6.45) is 1.46. The monoisotopic (exact) mass is 311 g/mol. The van der Waals surface area contributed by atoms with Gasteiger partial charge in [0.05, 0.1) is 23.3 Å². The first-order valence-corrected chi connectivity index (χ1v) is 9.91. The summed E-state index contributed by atoms with van der Waals surface area (Å²) < 4.78 is 6.17. The Morgan fingerprint density at radius 2 is 2.10 bits per heavy atom. The molecule has 0 unspecified atom stereocenters. The van der Waals surface area contributed by atoms with Crippen molar-refractivity contribution in [3.05, 3.63) is 34.1 Å². The van der Waals surface area contributed by atoms with Gasteiger partial charge in [0.1, 0.15) is 0 Å². The average molecular weight is 311 g/mol. The molecule has 0 radical (unpaired) electrons. The molecule has 1 aromatic rings. The van der Waals surface area contributed by atoms with Crippen LogP contribution in [0.1, 0.15) is 32.5 Å². The van der Waals surface area contributed by atoms with Crippen LogP contribution in [0.4, 0.5) is 5.69 Å². The number of nitrogens with zero attached hydrogens (tertiary/aromatic N) is 2. The molecule has 0 saturated carbocycles. The van der Waals surface area contributed by atoms with Crippen LogP contribution in [0.3, 0.4) is 0 Å². The molecule has 0 aliphatic carbocycles. The maximum Gasteiger partial charge on any atom is 0.272 e. The van der Waals surface area contributed by atoms with Gasteiger partial charge < -0.3 is 9.74 Å². The molecule has 1 heterocycles. The zero-order chi connectivity index (χ0) is 16.3. The van der Waals surface area contributed by atoms with Crippen molar-refractivity contribution < 1.29 is 9.35 Å². The number of nitro groups is 1. The molecule has 0 aliphatic heterocycles. The summed E-state index contributed by atoms with van der Waals surface area (Å²) >= 11 is 0. The van der Waals surface area contributed by atoms with E-state index in [9.17, 15) is 10.1 Å². The first kappa shape index (κ1) is 17.7. The van der Waals surface area contributed by atoms with Crippen molar-refractivity contribution in [1.82, 2.24) is 10.3 Å². The largest absolute Gasteiger partial charge is 0.415 e. The quantitative estimate of drug-likeness (QED) is 0.495. The van der Waals surface area contributed by atoms with Gasteiger partial charge >= 0.3 is 0 Å². The minimum atomic E-state index is -1.85. The number of hydrogen-bond acceptors (Lipinski definition) is 5. The predicted octanol–water partition coefficient (Wildman–Crippen LogP) is 3.27. The Morgan fingerprint density at radius 1 is 1.48 bits per heavy atom. The first-order valence-electron chi connectivity index (χ1n) is 7.00. The Bertz CT molecular complexity index is 500. The topological polar surface area (TPSA) is 77.3 Å². The van der Waals surface area contributed by atoms with E-state index in [0.717, 1.165) is 0 Å². The van der Waals surface area contributed by atoms with Gasteiger partial charge in [0, 0.05) is 18.3 Å². The maximum absolute atomic E-state index is 10.8. The van der Waals surface area contributed by atoms with Crippen LogP contribution < -0.4 is 5.32 Å². The average Bonchev–Trinajstić information content (AvgIpc) is 2.38. The molecule has 0 fully saturated rings. The fourth-order valence-electron chi connectivity index (χ4n) is 1.57. The highest BCUT2D eigenvalue weighted by Crippen LogP contribution is 2.37. The third-order valence-electron chi connectivity index (χ3n) is 4.10. The number of likely N-dealkylation sites (N-methyl/N-ethyl adjacent to an activating group) is 1. The van der Waals surface area contributed by atoms with Crippen molar-refractivity contribution in [2.45, 2.75) is 44.9 Å². The lowest BCUT2D eigenvalue weighted by Crippen LogP contribution is -2.42. The Balaban J connectivity index is 2.85. The van der Waals surface area contributed by atoms with E-state index in [1.807, 2.05) is 0 Å². The lowest BCUT2D eigenvalue weighted by Gasteiger charge is -2.37. The molecule has 0 aromatic carbocycles. The van der Waals surface area contributed by atoms with Crippen molar-refractivity contribution in [2.24, 2.45) is 0 Å². The van der Waals surface area contributed by atoms with Gasteiger partial charge in [-0.05, 0) is 25.2 Å². The fourth-order valence-corrected chi connectivity index (χ4v) is 2.58. The van der Waals surface area contributed by atoms with Gasteiger partial charge in [0.15, 0.2) is 8.32 Å². The molecule has 1 atom stereocenters. The van der Waals surface area contributed by atoms with Crippen molar-refractivity contribution >= 4 is 14.0 Å². The lowest BCUT2D eigenvalue weighted by molar-refractivity contribution is -0.385. The van der Waals surface area contributed by atoms with Crippen molar-refractivity contribution in [3.63, 3.8) is 0 Å². The van der Waals surface area contributed by atoms with Gasteiger partial charge in [-0.3, -0.25) is 15.1 Å². The highest BCUT2D eigenvalue weighted by molar-refractivity contribution is 6.74. The molecular weight excluding hydrogens is 286 g/mol. The third-order valence-corrected chi connectivity index (χ3v) is 8.60. The Hall–Kier alpha value is -1.31. The van der Waals surface area contributed by atoms with Gasteiger partial charge in [0.25, 0.3) is 5.69 Å². The standard InChI is InChI=1S/C14H25N3O3Si/c1-14(2,3)21(5,6)20-10-13(15-4)12-9-11(17(18)19)7-8-16-12/h7-9,13,15H,10H2,1-6H3/t13-/m0/s1. The van der Waals surface area contributed by atoms with E-state index in [2.05, 4.69) is 44.2 Å². The molecule has 118 valence electrons. The molecule has 7 heteroatoms. The molecule has 1 rings (SSSR count). The van der Waals surface area contributed by atoms with E-state index in [1.165, 1.54) is 18.3 Å². The van der Waals surface area contributed by atoms with Crippen LogP contribution in [-0.4, -0.2) is 31.9 Å². The zero-order valence-corrected chi connectivity index (χ0v) is 14.6. The van der Waals surface area contributed by atoms with Crippen LogP contribution in [0, 0.1) is 10.1 Å². The minimum absolute atomic E-state index is 0.0487. The second kappa shape index (κ2) is 6.63. The van der Waals surface area contributed by atoms with Crippen LogP contribution in [0.2, 0.25) is 18.1 Å². The van der Waals surface area contributed by atoms with Crippen LogP contribution in [0.5, 0.6) is 0 Å². The maximum atomic E-state index is 10.8. The number of aromatic nitrogens is 1. The molecule has 1 N–H and O–H groups in total. The molecule has 21 heavy (non-hydrogen) atoms. The van der Waals surface area contributed by atoms with E-state index < -0.39 is 13.2 Å². The number of hydrogen-bond donors (Lipinski definition) is 1. The lowest BCUT2D eigenvalue weighted by atomic mass is 10.2. The summed E-state index contributed by atoms with van der Waals surface area (Å²) in [5.41, 5.74) is 0.679. The molecule has 1 aromatic heterocycles. The summed E-state index contributed by atoms with van der Waals surface area (Å²) in [6.45, 7) is 11.4. The van der Waals surface area contributed by atoms with E-state index >= 15 is 0 Å². The van der Waals surface area contributed by atoms with Crippen LogP contribution >= 0.6 is 0 Å². The van der Waals surface area contributed by atoms with E-state index in [4.69, 9.17) is 4.43 Å². The van der Waals surface area contributed by atoms with E-state index in [1.54, 1.807) is 7.05 Å². The first-order chi connectivity index (χ1) is 9.58. The van der Waals surface area contributed by atoms with Gasteiger partial charge in [-0.2, -0.15) is 0 Å². The third kappa shape index (κ3) is 4.59. The van der Waals surface area contributed by atoms with E-state index in [0.29, 0.717) is 12.3 Å². The molecule has 6 nitrogen and oxygen atoms in total. The normalized spacial score (nSPS) is 14.0. The Morgan fingerprint density at radius 3 is 2.57 bits per heavy atom. The molecule has 0 saturated heterocycles. The molecule has 0 aliphatic rings. The fraction of sp³-hybridized carbons (Fsp3) is 0.643. The van der Waals surface area contributed by atoms with Crippen LogP contribution in [0.25, 0.3) is 0 Å². The van der Waals surface area contributed by atoms with Crippen molar-refractivity contribution in [1.29, 1.82) is 0 Å². The smallest absolute Gasteiger partial charge is 0.272 e. The summed E-state index contributed by atoms with van der Waals surface area (Å²) in [5.74, 6) is 0. The highest BCUT2D eigenvalue weighted by atomic mass is 28.4. The Kier molecular flexibility index (Phi) is 5.60. The van der Waals surface area contributed by atoms with Crippen LogP contribution in [0.15, 0.2) is 18.3 Å². The summed E-state index contributed by atoms with van der Waals surface area (Å²) in [4.78, 5) is 14.7. The Labute approximate surface area is 127 Å². The number of nitrogens with one attached hydrogen (secondary N) is 1. The molecular formula is C14H25N3O3Si. The SMILES string of the molecule is CN[C@@H](CO[Si](C)(C)C(C)(C)C)c1cc([N+](=O)[O-])ccn1. The predicted molar refractivity (Wildman–Crippen MR) is 85.8 cm³/mol. The summed E-state index contributed by atoms with van der Waals surface area (Å²) in [6, 6.07) is 2.74. The van der Waals surface area contributed by atoms with Gasteiger partial charge in [-0.1, -0.05) is 20.8 Å². The van der Waals surface area contributed by atoms with E-state index in [-0.39, 0.29) is 16.8 Å². The number of rotatable bonds is 6. The van der Waals surface area contributed by atoms with Crippen molar-refractivity contribution in [3.8, 4) is 0 Å². The molecule has 0 amide bonds. The minimum Gasteiger partial charge on any atom is -0.415 e. The second-order valence-corrected chi connectivity index (χ2v) is 11.4. The highest BCUT2D eigenvalue weighted by Gasteiger charge is 2.37.